The van der Waals surface area contributed by atoms with Gasteiger partial charge in [0.25, 0.3) is 0 Å². The maximum atomic E-state index is 8.27. The van der Waals surface area contributed by atoms with Crippen LogP contribution in [0.5, 0.6) is 0 Å². The van der Waals surface area contributed by atoms with Crippen LogP contribution in [0.15, 0.2) is 5.16 Å². The fourth-order valence-electron chi connectivity index (χ4n) is 1.43. The topological polar surface area (TPSA) is 70.6 Å². The number of nitrogens with one attached hydrogen (secondary N) is 1. The largest absolute Gasteiger partial charge is 0.409 e. The van der Waals surface area contributed by atoms with Crippen molar-refractivity contribution in [2.75, 3.05) is 6.54 Å². The third kappa shape index (κ3) is 2.37. The third-order valence-corrected chi connectivity index (χ3v) is 2.52. The van der Waals surface area contributed by atoms with Crippen molar-refractivity contribution in [3.63, 3.8) is 0 Å². The smallest absolute Gasteiger partial charge is 0.140 e. The highest BCUT2D eigenvalue weighted by Gasteiger charge is 2.30. The van der Waals surface area contributed by atoms with Crippen molar-refractivity contribution in [3.05, 3.63) is 0 Å². The van der Waals surface area contributed by atoms with Crippen LogP contribution in [0.1, 0.15) is 32.6 Å². The SMILES string of the molecule is CC1(NCCC(N)=NO)CCC1. The van der Waals surface area contributed by atoms with E-state index in [0.29, 0.717) is 17.8 Å². The second kappa shape index (κ2) is 3.76. The molecule has 1 fully saturated rings. The molecule has 0 atom stereocenters. The summed E-state index contributed by atoms with van der Waals surface area (Å²) in [5.41, 5.74) is 5.64. The van der Waals surface area contributed by atoms with Crippen molar-refractivity contribution < 1.29 is 5.21 Å². The Morgan fingerprint density at radius 1 is 1.67 bits per heavy atom. The normalized spacial score (nSPS) is 21.9. The Labute approximate surface area is 72.8 Å². The Bertz CT molecular complexity index is 175. The fourth-order valence-corrected chi connectivity index (χ4v) is 1.43. The summed E-state index contributed by atoms with van der Waals surface area (Å²) in [5, 5.41) is 14.6. The van der Waals surface area contributed by atoms with Gasteiger partial charge in [-0.15, -0.1) is 0 Å². The number of rotatable bonds is 4. The summed E-state index contributed by atoms with van der Waals surface area (Å²) in [5.74, 6) is 0.297. The first-order valence-corrected chi connectivity index (χ1v) is 4.38. The lowest BCUT2D eigenvalue weighted by Crippen LogP contribution is -2.48. The van der Waals surface area contributed by atoms with Gasteiger partial charge >= 0.3 is 0 Å². The van der Waals surface area contributed by atoms with Crippen LogP contribution in [0.4, 0.5) is 0 Å². The van der Waals surface area contributed by atoms with Crippen LogP contribution in [-0.4, -0.2) is 23.1 Å². The number of nitrogens with zero attached hydrogens (tertiary/aromatic N) is 1. The van der Waals surface area contributed by atoms with Gasteiger partial charge in [-0.2, -0.15) is 0 Å². The Kier molecular flexibility index (Phi) is 2.92. The molecule has 1 aliphatic carbocycles. The van der Waals surface area contributed by atoms with Crippen LogP contribution in [0.3, 0.4) is 0 Å². The molecular formula is C8H17N3O. The van der Waals surface area contributed by atoms with E-state index in [1.807, 2.05) is 0 Å². The summed E-state index contributed by atoms with van der Waals surface area (Å²) in [6, 6.07) is 0. The van der Waals surface area contributed by atoms with Crippen molar-refractivity contribution in [3.8, 4) is 0 Å². The highest BCUT2D eigenvalue weighted by Crippen LogP contribution is 2.30. The van der Waals surface area contributed by atoms with E-state index in [1.165, 1.54) is 19.3 Å². The number of nitrogens with two attached hydrogens (primary N) is 1. The van der Waals surface area contributed by atoms with Gasteiger partial charge in [0.15, 0.2) is 0 Å². The van der Waals surface area contributed by atoms with Crippen molar-refractivity contribution >= 4 is 5.84 Å². The lowest BCUT2D eigenvalue weighted by molar-refractivity contribution is 0.211. The van der Waals surface area contributed by atoms with Crippen LogP contribution in [-0.2, 0) is 0 Å². The fraction of sp³-hybridized carbons (Fsp3) is 0.875. The molecule has 0 bridgehead atoms. The first-order valence-electron chi connectivity index (χ1n) is 4.38. The van der Waals surface area contributed by atoms with Crippen molar-refractivity contribution in [1.29, 1.82) is 0 Å². The first kappa shape index (κ1) is 9.32. The summed E-state index contributed by atoms with van der Waals surface area (Å²) in [7, 11) is 0. The van der Waals surface area contributed by atoms with E-state index in [0.717, 1.165) is 6.54 Å². The molecule has 0 amide bonds. The molecule has 0 unspecified atom stereocenters. The Morgan fingerprint density at radius 3 is 2.75 bits per heavy atom. The summed E-state index contributed by atoms with van der Waals surface area (Å²) in [6.45, 7) is 3.01. The average Bonchev–Trinajstić information content (AvgIpc) is 2.01. The molecule has 0 aliphatic heterocycles. The summed E-state index contributed by atoms with van der Waals surface area (Å²) in [6.07, 6.45) is 4.41. The molecule has 0 saturated heterocycles. The molecule has 0 radical (unpaired) electrons. The van der Waals surface area contributed by atoms with E-state index in [9.17, 15) is 0 Å². The molecule has 0 spiro atoms. The predicted octanol–water partition coefficient (Wildman–Crippen LogP) is 0.655. The molecule has 0 aromatic heterocycles. The minimum absolute atomic E-state index is 0.297. The third-order valence-electron chi connectivity index (χ3n) is 2.52. The van der Waals surface area contributed by atoms with Gasteiger partial charge in [-0.1, -0.05) is 5.16 Å². The summed E-state index contributed by atoms with van der Waals surface area (Å²) < 4.78 is 0. The average molecular weight is 171 g/mol. The number of hydrogen-bond acceptors (Lipinski definition) is 3. The molecule has 0 heterocycles. The predicted molar refractivity (Wildman–Crippen MR) is 48.3 cm³/mol. The Morgan fingerprint density at radius 2 is 2.33 bits per heavy atom. The van der Waals surface area contributed by atoms with Gasteiger partial charge in [0.05, 0.1) is 0 Å². The molecular weight excluding hydrogens is 154 g/mol. The van der Waals surface area contributed by atoms with E-state index >= 15 is 0 Å². The van der Waals surface area contributed by atoms with Crippen LogP contribution < -0.4 is 11.1 Å². The van der Waals surface area contributed by atoms with Crippen LogP contribution in [0.25, 0.3) is 0 Å². The maximum Gasteiger partial charge on any atom is 0.140 e. The van der Waals surface area contributed by atoms with Crippen molar-refractivity contribution in [1.82, 2.24) is 5.32 Å². The zero-order valence-electron chi connectivity index (χ0n) is 7.51. The highest BCUT2D eigenvalue weighted by atomic mass is 16.4. The molecule has 0 aromatic rings. The molecule has 4 nitrogen and oxygen atoms in total. The highest BCUT2D eigenvalue weighted by molar-refractivity contribution is 5.79. The molecule has 4 heteroatoms. The van der Waals surface area contributed by atoms with Crippen molar-refractivity contribution in [2.45, 2.75) is 38.1 Å². The quantitative estimate of drug-likeness (QED) is 0.252. The van der Waals surface area contributed by atoms with Gasteiger partial charge in [0.1, 0.15) is 5.84 Å². The molecule has 4 N–H and O–H groups in total. The molecule has 12 heavy (non-hydrogen) atoms. The van der Waals surface area contributed by atoms with E-state index < -0.39 is 0 Å². The summed E-state index contributed by atoms with van der Waals surface area (Å²) in [4.78, 5) is 0. The zero-order valence-corrected chi connectivity index (χ0v) is 7.51. The maximum absolute atomic E-state index is 8.27. The van der Waals surface area contributed by atoms with Crippen LogP contribution in [0.2, 0.25) is 0 Å². The second-order valence-electron chi connectivity index (χ2n) is 3.68. The zero-order chi connectivity index (χ0) is 9.03. The van der Waals surface area contributed by atoms with Gasteiger partial charge in [-0.3, -0.25) is 0 Å². The van der Waals surface area contributed by atoms with Crippen molar-refractivity contribution in [2.24, 2.45) is 10.9 Å². The van der Waals surface area contributed by atoms with Gasteiger partial charge in [0.2, 0.25) is 0 Å². The Balaban J connectivity index is 2.09. The van der Waals surface area contributed by atoms with Gasteiger partial charge in [0, 0.05) is 18.5 Å². The second-order valence-corrected chi connectivity index (χ2v) is 3.68. The molecule has 1 saturated carbocycles. The summed E-state index contributed by atoms with van der Waals surface area (Å²) >= 11 is 0. The lowest BCUT2D eigenvalue weighted by atomic mass is 9.78. The first-order chi connectivity index (χ1) is 5.66. The Hall–Kier alpha value is -0.770. The van der Waals surface area contributed by atoms with Gasteiger partial charge in [-0.05, 0) is 26.2 Å². The molecule has 0 aromatic carbocycles. The van der Waals surface area contributed by atoms with E-state index in [-0.39, 0.29) is 0 Å². The standard InChI is InChI=1S/C8H17N3O/c1-8(4-2-5-8)10-6-3-7(9)11-12/h10,12H,2-6H2,1H3,(H2,9,11). The molecule has 1 rings (SSSR count). The van der Waals surface area contributed by atoms with Gasteiger partial charge in [-0.25, -0.2) is 0 Å². The molecule has 1 aliphatic rings. The number of hydrogen-bond donors (Lipinski definition) is 3. The monoisotopic (exact) mass is 171 g/mol. The van der Waals surface area contributed by atoms with Crippen LogP contribution in [0, 0.1) is 0 Å². The molecule has 70 valence electrons. The minimum atomic E-state index is 0.297. The van der Waals surface area contributed by atoms with E-state index in [2.05, 4.69) is 17.4 Å². The minimum Gasteiger partial charge on any atom is -0.409 e. The number of oxime groups is 1. The number of amidine groups is 1. The van der Waals surface area contributed by atoms with Crippen LogP contribution >= 0.6 is 0 Å². The van der Waals surface area contributed by atoms with E-state index in [4.69, 9.17) is 10.9 Å². The lowest BCUT2D eigenvalue weighted by Gasteiger charge is -2.39. The van der Waals surface area contributed by atoms with E-state index in [1.54, 1.807) is 0 Å². The van der Waals surface area contributed by atoms with Gasteiger partial charge < -0.3 is 16.3 Å².